The molecule has 1 aromatic rings. The van der Waals surface area contributed by atoms with E-state index in [1.807, 2.05) is 0 Å². The topological polar surface area (TPSA) is 20.2 Å². The number of aliphatic hydroxyl groups is 1. The maximum Gasteiger partial charge on any atom is 0.288 e. The number of fused-ring (bicyclic) bond motifs is 1. The first kappa shape index (κ1) is 12.7. The van der Waals surface area contributed by atoms with Crippen LogP contribution in [0.3, 0.4) is 0 Å². The van der Waals surface area contributed by atoms with Crippen molar-refractivity contribution in [3.63, 3.8) is 0 Å². The number of hydrogen-bond donors (Lipinski definition) is 1. The van der Waals surface area contributed by atoms with Gasteiger partial charge in [-0.05, 0) is 24.1 Å². The number of aryl methyl sites for hydroxylation is 1. The van der Waals surface area contributed by atoms with Gasteiger partial charge < -0.3 is 5.11 Å². The predicted molar refractivity (Wildman–Crippen MR) is 56.7 cm³/mol. The molecule has 1 atom stereocenters. The summed E-state index contributed by atoms with van der Waals surface area (Å²) in [4.78, 5) is 0.0327. The van der Waals surface area contributed by atoms with Crippen LogP contribution in [0.2, 0.25) is 0 Å². The zero-order chi connectivity index (χ0) is 12.8. The normalized spacial score (nSPS) is 21.9. The van der Waals surface area contributed by atoms with E-state index in [2.05, 4.69) is 0 Å². The highest BCUT2D eigenvalue weighted by molar-refractivity contribution is 7.99. The van der Waals surface area contributed by atoms with Crippen LogP contribution in [0.25, 0.3) is 0 Å². The lowest BCUT2D eigenvalue weighted by Crippen LogP contribution is -2.21. The molecule has 0 aromatic heterocycles. The second-order valence-corrected chi connectivity index (χ2v) is 5.02. The Bertz CT molecular complexity index is 447. The van der Waals surface area contributed by atoms with E-state index >= 15 is 0 Å². The Kier molecular flexibility index (Phi) is 3.12. The van der Waals surface area contributed by atoms with E-state index in [1.165, 1.54) is 12.1 Å². The molecule has 0 amide bonds. The summed E-state index contributed by atoms with van der Waals surface area (Å²) < 4.78 is 51.4. The third kappa shape index (κ3) is 2.15. The monoisotopic (exact) mass is 266 g/mol. The Morgan fingerprint density at radius 2 is 2.06 bits per heavy atom. The van der Waals surface area contributed by atoms with Crippen LogP contribution in [0.4, 0.5) is 17.6 Å². The van der Waals surface area contributed by atoms with Crippen LogP contribution in [0.15, 0.2) is 17.0 Å². The summed E-state index contributed by atoms with van der Waals surface area (Å²) in [7, 11) is 0. The van der Waals surface area contributed by atoms with Crippen molar-refractivity contribution in [1.29, 1.82) is 0 Å². The van der Waals surface area contributed by atoms with Crippen molar-refractivity contribution in [2.24, 2.45) is 0 Å². The van der Waals surface area contributed by atoms with Crippen LogP contribution >= 0.6 is 11.8 Å². The summed E-state index contributed by atoms with van der Waals surface area (Å²) in [6, 6.07) is 2.88. The number of aliphatic hydroxyl groups excluding tert-OH is 1. The van der Waals surface area contributed by atoms with Crippen LogP contribution < -0.4 is 0 Å². The van der Waals surface area contributed by atoms with Crippen molar-refractivity contribution in [2.45, 2.75) is 36.0 Å². The van der Waals surface area contributed by atoms with Gasteiger partial charge >= 0.3 is 0 Å². The molecule has 6 heteroatoms. The molecule has 94 valence electrons. The zero-order valence-electron chi connectivity index (χ0n) is 8.88. The average Bonchev–Trinajstić information content (AvgIpc) is 2.44. The molecule has 0 saturated heterocycles. The molecule has 0 heterocycles. The number of alkyl halides is 4. The van der Waals surface area contributed by atoms with Crippen LogP contribution in [-0.2, 0) is 6.42 Å². The predicted octanol–water partition coefficient (Wildman–Crippen LogP) is 3.53. The maximum atomic E-state index is 13.4. The van der Waals surface area contributed by atoms with Gasteiger partial charge in [-0.2, -0.15) is 8.78 Å². The summed E-state index contributed by atoms with van der Waals surface area (Å²) in [6.07, 6.45) is -2.58. The van der Waals surface area contributed by atoms with Gasteiger partial charge in [0.25, 0.3) is 11.7 Å². The van der Waals surface area contributed by atoms with Crippen molar-refractivity contribution in [3.8, 4) is 0 Å². The van der Waals surface area contributed by atoms with Crippen molar-refractivity contribution in [3.05, 3.63) is 28.8 Å². The first-order chi connectivity index (χ1) is 7.83. The highest BCUT2D eigenvalue weighted by atomic mass is 32.2. The molecule has 0 radical (unpaired) electrons. The first-order valence-corrected chi connectivity index (χ1v) is 5.84. The fraction of sp³-hybridized carbons (Fsp3) is 0.455. The largest absolute Gasteiger partial charge is 0.382 e. The molecule has 1 aliphatic carbocycles. The van der Waals surface area contributed by atoms with Gasteiger partial charge in [0, 0.05) is 16.9 Å². The smallest absolute Gasteiger partial charge is 0.288 e. The van der Waals surface area contributed by atoms with Crippen molar-refractivity contribution < 1.29 is 22.7 Å². The Labute approximate surface area is 99.8 Å². The molecular weight excluding hydrogens is 256 g/mol. The summed E-state index contributed by atoms with van der Waals surface area (Å²) in [5.41, 5.74) is 0.836. The molecule has 0 saturated carbocycles. The molecule has 0 bridgehead atoms. The lowest BCUT2D eigenvalue weighted by atomic mass is 10.0. The van der Waals surface area contributed by atoms with Gasteiger partial charge in [0.15, 0.2) is 0 Å². The number of benzene rings is 1. The average molecular weight is 266 g/mol. The van der Waals surface area contributed by atoms with Gasteiger partial charge in [0.1, 0.15) is 6.10 Å². The van der Waals surface area contributed by atoms with Crippen molar-refractivity contribution in [1.82, 2.24) is 0 Å². The number of halogens is 4. The molecule has 0 spiro atoms. The Hall–Kier alpha value is -0.750. The highest BCUT2D eigenvalue weighted by Gasteiger charge is 2.48. The van der Waals surface area contributed by atoms with Crippen molar-refractivity contribution in [2.75, 3.05) is 0 Å². The Morgan fingerprint density at radius 1 is 1.41 bits per heavy atom. The van der Waals surface area contributed by atoms with Crippen molar-refractivity contribution >= 4 is 11.8 Å². The fourth-order valence-corrected chi connectivity index (χ4v) is 2.73. The second-order valence-electron chi connectivity index (χ2n) is 3.99. The summed E-state index contributed by atoms with van der Waals surface area (Å²) >= 11 is 0.190. The molecule has 1 nitrogen and oxygen atoms in total. The Balaban J connectivity index is 2.51. The van der Waals surface area contributed by atoms with Gasteiger partial charge in [0.2, 0.25) is 0 Å². The minimum atomic E-state index is -3.27. The van der Waals surface area contributed by atoms with Gasteiger partial charge in [-0.15, -0.1) is 0 Å². The Morgan fingerprint density at radius 3 is 2.65 bits per heavy atom. The molecule has 1 N–H and O–H groups in total. The van der Waals surface area contributed by atoms with E-state index in [1.54, 1.807) is 6.92 Å². The van der Waals surface area contributed by atoms with E-state index in [4.69, 9.17) is 0 Å². The molecular formula is C11H10F4OS. The minimum absolute atomic E-state index is 0.0327. The lowest BCUT2D eigenvalue weighted by molar-refractivity contribution is -0.0976. The van der Waals surface area contributed by atoms with Crippen LogP contribution in [0, 0.1) is 6.92 Å². The van der Waals surface area contributed by atoms with Crippen LogP contribution in [0.1, 0.15) is 22.8 Å². The van der Waals surface area contributed by atoms with Gasteiger partial charge in [-0.25, -0.2) is 8.78 Å². The first-order valence-electron chi connectivity index (χ1n) is 4.96. The molecule has 17 heavy (non-hydrogen) atoms. The molecule has 1 aromatic carbocycles. The lowest BCUT2D eigenvalue weighted by Gasteiger charge is -2.15. The van der Waals surface area contributed by atoms with E-state index in [9.17, 15) is 22.7 Å². The van der Waals surface area contributed by atoms with E-state index in [0.717, 1.165) is 0 Å². The molecule has 0 fully saturated rings. The molecule has 0 aliphatic heterocycles. The van der Waals surface area contributed by atoms with E-state index < -0.39 is 24.2 Å². The fourth-order valence-electron chi connectivity index (χ4n) is 2.03. The summed E-state index contributed by atoms with van der Waals surface area (Å²) in [6.45, 7) is 1.63. The SMILES string of the molecule is Cc1ccc(SC(F)F)c2c1CC(F)(F)C2O. The molecule has 1 unspecified atom stereocenters. The maximum absolute atomic E-state index is 13.4. The molecule has 1 aliphatic rings. The minimum Gasteiger partial charge on any atom is -0.382 e. The number of hydrogen-bond acceptors (Lipinski definition) is 2. The standard InChI is InChI=1S/C11H10F4OS/c1-5-2-3-7(17-10(12)13)8-6(5)4-11(14,15)9(8)16/h2-3,9-10,16H,4H2,1H3. The van der Waals surface area contributed by atoms with Gasteiger partial charge in [-0.3, -0.25) is 0 Å². The number of thioether (sulfide) groups is 1. The van der Waals surface area contributed by atoms with Crippen LogP contribution in [0.5, 0.6) is 0 Å². The zero-order valence-corrected chi connectivity index (χ0v) is 9.70. The molecule has 2 rings (SSSR count). The third-order valence-electron chi connectivity index (χ3n) is 2.85. The second kappa shape index (κ2) is 4.17. The third-order valence-corrected chi connectivity index (χ3v) is 3.64. The van der Waals surface area contributed by atoms with E-state index in [-0.39, 0.29) is 27.8 Å². The quantitative estimate of drug-likeness (QED) is 0.652. The van der Waals surface area contributed by atoms with E-state index in [0.29, 0.717) is 5.56 Å². The summed E-state index contributed by atoms with van der Waals surface area (Å²) in [5, 5.41) is 9.52. The van der Waals surface area contributed by atoms with Gasteiger partial charge in [0.05, 0.1) is 0 Å². The van der Waals surface area contributed by atoms with Crippen LogP contribution in [-0.4, -0.2) is 16.8 Å². The highest BCUT2D eigenvalue weighted by Crippen LogP contribution is 2.48. The summed E-state index contributed by atoms with van der Waals surface area (Å²) in [5.74, 6) is -5.96. The number of rotatable bonds is 2. The van der Waals surface area contributed by atoms with Gasteiger partial charge in [-0.1, -0.05) is 17.8 Å².